The van der Waals surface area contributed by atoms with E-state index >= 15 is 0 Å². The number of rotatable bonds is 3. The Bertz CT molecular complexity index is 346. The van der Waals surface area contributed by atoms with Crippen LogP contribution < -0.4 is 10.7 Å². The molecule has 0 radical (unpaired) electrons. The van der Waals surface area contributed by atoms with Gasteiger partial charge in [0.25, 0.3) is 0 Å². The first-order valence-electron chi connectivity index (χ1n) is 8.30. The van der Waals surface area contributed by atoms with E-state index in [0.29, 0.717) is 17.1 Å². The molecule has 2 fully saturated rings. The molecule has 0 spiro atoms. The summed E-state index contributed by atoms with van der Waals surface area (Å²) in [6, 6.07) is 0.357. The lowest BCUT2D eigenvalue weighted by atomic mass is 9.72. The van der Waals surface area contributed by atoms with Crippen molar-refractivity contribution in [3.8, 4) is 0 Å². The van der Waals surface area contributed by atoms with Crippen LogP contribution in [0, 0.1) is 11.8 Å². The smallest absolute Gasteiger partial charge is 0.187 e. The highest BCUT2D eigenvalue weighted by atomic mass is 32.1. The summed E-state index contributed by atoms with van der Waals surface area (Å²) < 4.78 is 0. The van der Waals surface area contributed by atoms with Gasteiger partial charge in [0.1, 0.15) is 0 Å². The van der Waals surface area contributed by atoms with E-state index in [9.17, 15) is 0 Å². The van der Waals surface area contributed by atoms with E-state index in [0.717, 1.165) is 12.3 Å². The minimum Gasteiger partial charge on any atom is -0.359 e. The van der Waals surface area contributed by atoms with Gasteiger partial charge in [0, 0.05) is 17.7 Å². The Morgan fingerprint density at radius 2 is 1.80 bits per heavy atom. The molecular formula is C16H29N3S. The number of nitrogens with one attached hydrogen (secondary N) is 2. The molecule has 2 aliphatic carbocycles. The van der Waals surface area contributed by atoms with Gasteiger partial charge in [-0.1, -0.05) is 25.7 Å². The monoisotopic (exact) mass is 295 g/mol. The predicted octanol–water partition coefficient (Wildman–Crippen LogP) is 3.99. The van der Waals surface area contributed by atoms with E-state index in [1.54, 1.807) is 0 Å². The molecule has 2 saturated carbocycles. The van der Waals surface area contributed by atoms with Gasteiger partial charge in [-0.05, 0) is 64.1 Å². The maximum atomic E-state index is 5.26. The highest BCUT2D eigenvalue weighted by molar-refractivity contribution is 7.80. The number of nitrogens with zero attached hydrogens (tertiary/aromatic N) is 1. The number of hydrogen-bond acceptors (Lipinski definition) is 2. The SMILES string of the molecule is CC(C)NC(=S)N/N=C1/CCCC[C@@H]1C1CCCCC1. The molecule has 1 atom stereocenters. The van der Waals surface area contributed by atoms with Gasteiger partial charge in [0.15, 0.2) is 5.11 Å². The fourth-order valence-corrected chi connectivity index (χ4v) is 3.90. The van der Waals surface area contributed by atoms with Crippen molar-refractivity contribution >= 4 is 23.0 Å². The highest BCUT2D eigenvalue weighted by Crippen LogP contribution is 2.36. The fourth-order valence-electron chi connectivity index (χ4n) is 3.62. The van der Waals surface area contributed by atoms with Gasteiger partial charge >= 0.3 is 0 Å². The summed E-state index contributed by atoms with van der Waals surface area (Å²) in [5.74, 6) is 1.58. The minimum absolute atomic E-state index is 0.357. The zero-order valence-electron chi connectivity index (χ0n) is 13.0. The number of hydrogen-bond donors (Lipinski definition) is 2. The Morgan fingerprint density at radius 3 is 2.50 bits per heavy atom. The Balaban J connectivity index is 1.93. The molecule has 3 nitrogen and oxygen atoms in total. The summed E-state index contributed by atoms with van der Waals surface area (Å²) in [5, 5.41) is 8.50. The lowest BCUT2D eigenvalue weighted by Crippen LogP contribution is -2.38. The molecule has 0 bridgehead atoms. The van der Waals surface area contributed by atoms with Crippen molar-refractivity contribution in [3.63, 3.8) is 0 Å². The van der Waals surface area contributed by atoms with Crippen LogP contribution in [-0.4, -0.2) is 16.9 Å². The Morgan fingerprint density at radius 1 is 1.10 bits per heavy atom. The quantitative estimate of drug-likeness (QED) is 0.610. The van der Waals surface area contributed by atoms with Crippen LogP contribution >= 0.6 is 12.2 Å². The molecule has 0 unspecified atom stereocenters. The largest absolute Gasteiger partial charge is 0.359 e. The number of hydrazone groups is 1. The second-order valence-corrected chi connectivity index (χ2v) is 7.00. The fraction of sp³-hybridized carbons (Fsp3) is 0.875. The summed E-state index contributed by atoms with van der Waals surface area (Å²) in [4.78, 5) is 0. The van der Waals surface area contributed by atoms with Crippen LogP contribution in [0.3, 0.4) is 0 Å². The third-order valence-electron chi connectivity index (χ3n) is 4.57. The molecule has 0 aromatic rings. The Kier molecular flexibility index (Phi) is 6.27. The lowest BCUT2D eigenvalue weighted by molar-refractivity contribution is 0.274. The standard InChI is InChI=1S/C16H29N3S/c1-12(2)17-16(20)19-18-15-11-7-6-10-14(15)13-8-4-3-5-9-13/h12-14H,3-11H2,1-2H3,(H2,17,19,20)/b18-15-/t14-/m1/s1. The Labute approximate surface area is 129 Å². The van der Waals surface area contributed by atoms with Crippen molar-refractivity contribution in [2.75, 3.05) is 0 Å². The molecule has 20 heavy (non-hydrogen) atoms. The van der Waals surface area contributed by atoms with Crippen molar-refractivity contribution in [2.24, 2.45) is 16.9 Å². The normalized spacial score (nSPS) is 26.8. The first kappa shape index (κ1) is 15.7. The highest BCUT2D eigenvalue weighted by Gasteiger charge is 2.29. The third-order valence-corrected chi connectivity index (χ3v) is 4.77. The molecule has 0 aromatic heterocycles. The molecular weight excluding hydrogens is 266 g/mol. The van der Waals surface area contributed by atoms with Crippen LogP contribution in [0.25, 0.3) is 0 Å². The minimum atomic E-state index is 0.357. The topological polar surface area (TPSA) is 36.4 Å². The molecule has 0 aliphatic heterocycles. The summed E-state index contributed by atoms with van der Waals surface area (Å²) >= 11 is 5.26. The summed E-state index contributed by atoms with van der Waals surface area (Å²) in [7, 11) is 0. The van der Waals surface area contributed by atoms with E-state index in [4.69, 9.17) is 12.2 Å². The predicted molar refractivity (Wildman–Crippen MR) is 90.0 cm³/mol. The van der Waals surface area contributed by atoms with Crippen molar-refractivity contribution < 1.29 is 0 Å². The van der Waals surface area contributed by atoms with Crippen molar-refractivity contribution in [3.05, 3.63) is 0 Å². The molecule has 0 saturated heterocycles. The summed E-state index contributed by atoms with van der Waals surface area (Å²) in [6.07, 6.45) is 12.2. The Hall–Kier alpha value is -0.640. The van der Waals surface area contributed by atoms with Gasteiger partial charge in [-0.3, -0.25) is 5.43 Å². The van der Waals surface area contributed by atoms with Crippen molar-refractivity contribution in [1.82, 2.24) is 10.7 Å². The zero-order valence-corrected chi connectivity index (χ0v) is 13.8. The zero-order chi connectivity index (χ0) is 14.4. The second-order valence-electron chi connectivity index (χ2n) is 6.59. The van der Waals surface area contributed by atoms with Crippen LogP contribution in [0.5, 0.6) is 0 Å². The first-order chi connectivity index (χ1) is 9.66. The average Bonchev–Trinajstić information content (AvgIpc) is 2.46. The van der Waals surface area contributed by atoms with Crippen LogP contribution in [-0.2, 0) is 0 Å². The first-order valence-corrected chi connectivity index (χ1v) is 8.70. The van der Waals surface area contributed by atoms with Gasteiger partial charge in [-0.15, -0.1) is 0 Å². The van der Waals surface area contributed by atoms with Crippen LogP contribution in [0.4, 0.5) is 0 Å². The van der Waals surface area contributed by atoms with E-state index in [-0.39, 0.29) is 0 Å². The number of thiocarbonyl (C=S) groups is 1. The van der Waals surface area contributed by atoms with Gasteiger partial charge in [-0.25, -0.2) is 0 Å². The van der Waals surface area contributed by atoms with Gasteiger partial charge in [0.05, 0.1) is 0 Å². The van der Waals surface area contributed by atoms with Gasteiger partial charge in [0.2, 0.25) is 0 Å². The molecule has 2 aliphatic rings. The van der Waals surface area contributed by atoms with E-state index in [2.05, 4.69) is 29.7 Å². The van der Waals surface area contributed by atoms with Crippen LogP contribution in [0.2, 0.25) is 0 Å². The molecule has 0 heterocycles. The summed E-state index contributed by atoms with van der Waals surface area (Å²) in [5.41, 5.74) is 4.43. The maximum absolute atomic E-state index is 5.26. The van der Waals surface area contributed by atoms with Crippen molar-refractivity contribution in [2.45, 2.75) is 77.7 Å². The molecule has 2 N–H and O–H groups in total. The van der Waals surface area contributed by atoms with Crippen LogP contribution in [0.15, 0.2) is 5.10 Å². The van der Waals surface area contributed by atoms with Gasteiger partial charge in [-0.2, -0.15) is 5.10 Å². The van der Waals surface area contributed by atoms with E-state index in [1.165, 1.54) is 57.1 Å². The van der Waals surface area contributed by atoms with E-state index in [1.807, 2.05) is 0 Å². The van der Waals surface area contributed by atoms with E-state index < -0.39 is 0 Å². The van der Waals surface area contributed by atoms with Gasteiger partial charge < -0.3 is 5.32 Å². The molecule has 2 rings (SSSR count). The molecule has 4 heteroatoms. The van der Waals surface area contributed by atoms with Crippen molar-refractivity contribution in [1.29, 1.82) is 0 Å². The molecule has 0 aromatic carbocycles. The second kappa shape index (κ2) is 7.96. The lowest BCUT2D eigenvalue weighted by Gasteiger charge is -2.34. The molecule has 0 amide bonds. The third kappa shape index (κ3) is 4.72. The average molecular weight is 295 g/mol. The summed E-state index contributed by atoms with van der Waals surface area (Å²) in [6.45, 7) is 4.18. The van der Waals surface area contributed by atoms with Crippen LogP contribution in [0.1, 0.15) is 71.6 Å². The maximum Gasteiger partial charge on any atom is 0.187 e. The molecule has 114 valence electrons.